The topological polar surface area (TPSA) is 38.0 Å². The molecule has 0 bridgehead atoms. The minimum absolute atomic E-state index is 0.150. The van der Waals surface area contributed by atoms with Crippen molar-refractivity contribution >= 4 is 15.9 Å². The number of aryl methyl sites for hydroxylation is 1. The summed E-state index contributed by atoms with van der Waals surface area (Å²) in [6.45, 7) is 0. The Kier molecular flexibility index (Phi) is 3.77. The van der Waals surface area contributed by atoms with Crippen LogP contribution in [0.1, 0.15) is 17.4 Å². The minimum Gasteiger partial charge on any atom is -0.386 e. The monoisotopic (exact) mass is 316 g/mol. The van der Waals surface area contributed by atoms with E-state index in [1.54, 1.807) is 19.3 Å². The second kappa shape index (κ2) is 5.16. The van der Waals surface area contributed by atoms with E-state index >= 15 is 0 Å². The zero-order valence-corrected chi connectivity index (χ0v) is 11.2. The predicted octanol–water partition coefficient (Wildman–Crippen LogP) is 2.74. The van der Waals surface area contributed by atoms with Crippen molar-refractivity contribution in [3.63, 3.8) is 0 Å². The fourth-order valence-electron chi connectivity index (χ4n) is 1.66. The Morgan fingerprint density at radius 2 is 2.11 bits per heavy atom. The molecule has 0 aliphatic carbocycles. The number of nitrogens with zero attached hydrogens (tertiary/aromatic N) is 2. The van der Waals surface area contributed by atoms with Gasteiger partial charge in [-0.15, -0.1) is 0 Å². The lowest BCUT2D eigenvalue weighted by molar-refractivity contribution is 0.170. The van der Waals surface area contributed by atoms with Crippen LogP contribution < -0.4 is 0 Å². The van der Waals surface area contributed by atoms with Gasteiger partial charge in [0, 0.05) is 25.2 Å². The molecule has 2 aromatic rings. The average molecular weight is 317 g/mol. The third-order valence-electron chi connectivity index (χ3n) is 2.61. The maximum absolute atomic E-state index is 13.7. The molecule has 2 rings (SSSR count). The van der Waals surface area contributed by atoms with Gasteiger partial charge in [0.15, 0.2) is 0 Å². The maximum Gasteiger partial charge on any atom is 0.143 e. The van der Waals surface area contributed by atoms with Crippen LogP contribution in [0.5, 0.6) is 0 Å². The summed E-state index contributed by atoms with van der Waals surface area (Å²) in [4.78, 5) is 0. The molecule has 18 heavy (non-hydrogen) atoms. The van der Waals surface area contributed by atoms with Gasteiger partial charge in [0.05, 0.1) is 10.2 Å². The standard InChI is InChI=1S/C12H11BrF2N2O/c1-17-5-4-10(16-17)11(18)6-7-9(14)3-2-8(13)12(7)15/h2-5,11,18H,6H2,1H3. The zero-order valence-electron chi connectivity index (χ0n) is 9.57. The predicted molar refractivity (Wildman–Crippen MR) is 65.9 cm³/mol. The molecule has 1 aromatic heterocycles. The van der Waals surface area contributed by atoms with Crippen LogP contribution in [0.15, 0.2) is 28.9 Å². The Hall–Kier alpha value is -1.27. The highest BCUT2D eigenvalue weighted by molar-refractivity contribution is 9.10. The summed E-state index contributed by atoms with van der Waals surface area (Å²) in [6.07, 6.45) is 0.463. The van der Waals surface area contributed by atoms with Crippen molar-refractivity contribution in [3.05, 3.63) is 51.8 Å². The summed E-state index contributed by atoms with van der Waals surface area (Å²) in [5, 5.41) is 13.9. The number of aromatic nitrogens is 2. The maximum atomic E-state index is 13.7. The van der Waals surface area contributed by atoms with Gasteiger partial charge in [-0.1, -0.05) is 0 Å². The summed E-state index contributed by atoms with van der Waals surface area (Å²) >= 11 is 2.99. The fourth-order valence-corrected chi connectivity index (χ4v) is 2.04. The van der Waals surface area contributed by atoms with Gasteiger partial charge in [0.2, 0.25) is 0 Å². The number of aliphatic hydroxyl groups excluding tert-OH is 1. The Balaban J connectivity index is 2.27. The van der Waals surface area contributed by atoms with E-state index in [0.717, 1.165) is 6.07 Å². The van der Waals surface area contributed by atoms with Gasteiger partial charge in [0.1, 0.15) is 17.7 Å². The quantitative estimate of drug-likeness (QED) is 0.884. The highest BCUT2D eigenvalue weighted by Gasteiger charge is 2.18. The SMILES string of the molecule is Cn1ccc(C(O)Cc2c(F)ccc(Br)c2F)n1. The first-order valence-electron chi connectivity index (χ1n) is 5.29. The van der Waals surface area contributed by atoms with Gasteiger partial charge in [-0.05, 0) is 34.1 Å². The normalized spacial score (nSPS) is 12.7. The van der Waals surface area contributed by atoms with Crippen LogP contribution in [0, 0.1) is 11.6 Å². The second-order valence-corrected chi connectivity index (χ2v) is 4.81. The van der Waals surface area contributed by atoms with Gasteiger partial charge in [0.25, 0.3) is 0 Å². The molecule has 0 fully saturated rings. The van der Waals surface area contributed by atoms with Crippen molar-refractivity contribution < 1.29 is 13.9 Å². The molecule has 0 aliphatic heterocycles. The van der Waals surface area contributed by atoms with Gasteiger partial charge >= 0.3 is 0 Å². The molecule has 1 aromatic carbocycles. The molecule has 6 heteroatoms. The van der Waals surface area contributed by atoms with E-state index in [1.807, 2.05) is 0 Å². The van der Waals surface area contributed by atoms with Crippen molar-refractivity contribution in [2.75, 3.05) is 0 Å². The average Bonchev–Trinajstić information content (AvgIpc) is 2.76. The molecule has 3 nitrogen and oxygen atoms in total. The van der Waals surface area contributed by atoms with Gasteiger partial charge < -0.3 is 5.11 Å². The summed E-state index contributed by atoms with van der Waals surface area (Å²) in [7, 11) is 1.70. The van der Waals surface area contributed by atoms with E-state index < -0.39 is 17.7 Å². The van der Waals surface area contributed by atoms with E-state index in [9.17, 15) is 13.9 Å². The fraction of sp³-hybridized carbons (Fsp3) is 0.250. The molecule has 1 heterocycles. The Morgan fingerprint density at radius 3 is 2.72 bits per heavy atom. The lowest BCUT2D eigenvalue weighted by Crippen LogP contribution is -2.07. The molecule has 0 spiro atoms. The van der Waals surface area contributed by atoms with Crippen LogP contribution in [0.3, 0.4) is 0 Å². The number of hydrogen-bond acceptors (Lipinski definition) is 2. The van der Waals surface area contributed by atoms with Crippen LogP contribution in [0.25, 0.3) is 0 Å². The molecular weight excluding hydrogens is 306 g/mol. The number of aliphatic hydroxyl groups is 1. The smallest absolute Gasteiger partial charge is 0.143 e. The lowest BCUT2D eigenvalue weighted by Gasteiger charge is -2.10. The van der Waals surface area contributed by atoms with Crippen molar-refractivity contribution in [1.29, 1.82) is 0 Å². The Bertz CT molecular complexity index is 571. The largest absolute Gasteiger partial charge is 0.386 e. The Morgan fingerprint density at radius 1 is 1.39 bits per heavy atom. The second-order valence-electron chi connectivity index (χ2n) is 3.96. The third-order valence-corrected chi connectivity index (χ3v) is 3.22. The van der Waals surface area contributed by atoms with Crippen molar-refractivity contribution in [1.82, 2.24) is 9.78 Å². The van der Waals surface area contributed by atoms with Crippen LogP contribution >= 0.6 is 15.9 Å². The van der Waals surface area contributed by atoms with E-state index in [-0.39, 0.29) is 16.5 Å². The Labute approximate surface area is 111 Å². The summed E-state index contributed by atoms with van der Waals surface area (Å²) in [5.74, 6) is -1.37. The number of rotatable bonds is 3. The molecule has 0 saturated heterocycles. The van der Waals surface area contributed by atoms with E-state index in [0.29, 0.717) is 5.69 Å². The van der Waals surface area contributed by atoms with Gasteiger partial charge in [-0.3, -0.25) is 4.68 Å². The van der Waals surface area contributed by atoms with Crippen molar-refractivity contribution in [3.8, 4) is 0 Å². The number of benzene rings is 1. The molecular formula is C12H11BrF2N2O. The molecule has 0 saturated carbocycles. The molecule has 1 N–H and O–H groups in total. The van der Waals surface area contributed by atoms with Crippen LogP contribution in [-0.4, -0.2) is 14.9 Å². The number of halogens is 3. The molecule has 1 atom stereocenters. The van der Waals surface area contributed by atoms with E-state index in [1.165, 1.54) is 10.7 Å². The van der Waals surface area contributed by atoms with Gasteiger partial charge in [-0.2, -0.15) is 5.10 Å². The highest BCUT2D eigenvalue weighted by Crippen LogP contribution is 2.25. The first-order chi connectivity index (χ1) is 8.49. The molecule has 0 aliphatic rings. The third kappa shape index (κ3) is 2.59. The minimum atomic E-state index is -1.04. The first-order valence-corrected chi connectivity index (χ1v) is 6.08. The summed E-state index contributed by atoms with van der Waals surface area (Å²) < 4.78 is 28.9. The van der Waals surface area contributed by atoms with Crippen molar-refractivity contribution in [2.24, 2.45) is 7.05 Å². The molecule has 0 radical (unpaired) electrons. The zero-order chi connectivity index (χ0) is 13.3. The highest BCUT2D eigenvalue weighted by atomic mass is 79.9. The number of hydrogen-bond donors (Lipinski definition) is 1. The van der Waals surface area contributed by atoms with Crippen LogP contribution in [0.4, 0.5) is 8.78 Å². The van der Waals surface area contributed by atoms with Crippen LogP contribution in [-0.2, 0) is 13.5 Å². The van der Waals surface area contributed by atoms with Crippen LogP contribution in [0.2, 0.25) is 0 Å². The lowest BCUT2D eigenvalue weighted by atomic mass is 10.0. The van der Waals surface area contributed by atoms with Gasteiger partial charge in [-0.25, -0.2) is 8.78 Å². The van der Waals surface area contributed by atoms with Crippen molar-refractivity contribution in [2.45, 2.75) is 12.5 Å². The van der Waals surface area contributed by atoms with E-state index in [2.05, 4.69) is 21.0 Å². The summed E-state index contributed by atoms with van der Waals surface area (Å²) in [5.41, 5.74) is 0.235. The van der Waals surface area contributed by atoms with E-state index in [4.69, 9.17) is 0 Å². The molecule has 1 unspecified atom stereocenters. The first kappa shape index (κ1) is 13.2. The summed E-state index contributed by atoms with van der Waals surface area (Å²) in [6, 6.07) is 4.06. The molecule has 0 amide bonds. The molecule has 96 valence electrons.